The van der Waals surface area contributed by atoms with E-state index >= 15 is 0 Å². The summed E-state index contributed by atoms with van der Waals surface area (Å²) in [6, 6.07) is 9.22. The number of cyclic esters (lactones) is 1. The number of nitrogens with zero attached hydrogens (tertiary/aromatic N) is 1. The summed E-state index contributed by atoms with van der Waals surface area (Å²) in [6.07, 6.45) is 1.57. The molecule has 0 unspecified atom stereocenters. The van der Waals surface area contributed by atoms with Crippen LogP contribution in [0.4, 0.5) is 4.39 Å². The Balaban J connectivity index is 1.98. The lowest BCUT2D eigenvalue weighted by molar-refractivity contribution is -0.129. The van der Waals surface area contributed by atoms with E-state index in [9.17, 15) is 9.18 Å². The van der Waals surface area contributed by atoms with Gasteiger partial charge in [-0.25, -0.2) is 14.2 Å². The smallest absolute Gasteiger partial charge is 0.363 e. The van der Waals surface area contributed by atoms with Crippen LogP contribution in [0.2, 0.25) is 0 Å². The third kappa shape index (κ3) is 3.77. The molecule has 0 bridgehead atoms. The predicted molar refractivity (Wildman–Crippen MR) is 98.9 cm³/mol. The Labute approximate surface area is 158 Å². The molecule has 0 radical (unpaired) electrons. The second kappa shape index (κ2) is 7.70. The standard InChI is InChI=1S/C19H15BrFNO4/c1-3-25-16-9-11(7-14(20)17(16)24-2)8-15-19(23)26-18(22-15)12-5-4-6-13(21)10-12/h4-10H,3H2,1-2H3/b15-8+. The molecule has 5 nitrogen and oxygen atoms in total. The number of aliphatic imine (C=N–C) groups is 1. The molecule has 1 aliphatic rings. The van der Waals surface area contributed by atoms with Crippen molar-refractivity contribution >= 4 is 33.9 Å². The van der Waals surface area contributed by atoms with Crippen molar-refractivity contribution in [1.29, 1.82) is 0 Å². The van der Waals surface area contributed by atoms with Crippen LogP contribution < -0.4 is 9.47 Å². The molecule has 0 aliphatic carbocycles. The normalized spacial score (nSPS) is 15.0. The SMILES string of the molecule is CCOc1cc(/C=C2/N=C(c3cccc(F)c3)OC2=O)cc(Br)c1OC. The number of ether oxygens (including phenoxy) is 3. The van der Waals surface area contributed by atoms with Gasteiger partial charge in [-0.2, -0.15) is 0 Å². The Morgan fingerprint density at radius 2 is 2.12 bits per heavy atom. The van der Waals surface area contributed by atoms with E-state index in [1.807, 2.05) is 6.92 Å². The van der Waals surface area contributed by atoms with E-state index in [-0.39, 0.29) is 11.6 Å². The summed E-state index contributed by atoms with van der Waals surface area (Å²) < 4.78 is 30.1. The average Bonchev–Trinajstić information content (AvgIpc) is 2.96. The molecule has 0 spiro atoms. The molecule has 0 aromatic heterocycles. The Bertz CT molecular complexity index is 924. The minimum absolute atomic E-state index is 0.0679. The van der Waals surface area contributed by atoms with Gasteiger partial charge in [0, 0.05) is 5.56 Å². The molecule has 0 fully saturated rings. The third-order valence-corrected chi connectivity index (χ3v) is 4.12. The molecule has 7 heteroatoms. The zero-order valence-corrected chi connectivity index (χ0v) is 15.7. The van der Waals surface area contributed by atoms with Gasteiger partial charge in [-0.3, -0.25) is 0 Å². The van der Waals surface area contributed by atoms with Gasteiger partial charge in [0.15, 0.2) is 17.2 Å². The van der Waals surface area contributed by atoms with E-state index in [0.29, 0.717) is 33.7 Å². The van der Waals surface area contributed by atoms with E-state index in [2.05, 4.69) is 20.9 Å². The minimum Gasteiger partial charge on any atom is -0.492 e. The summed E-state index contributed by atoms with van der Waals surface area (Å²) in [4.78, 5) is 16.3. The van der Waals surface area contributed by atoms with Crippen molar-refractivity contribution < 1.29 is 23.4 Å². The molecule has 134 valence electrons. The van der Waals surface area contributed by atoms with E-state index < -0.39 is 11.8 Å². The molecule has 0 saturated heterocycles. The fraction of sp³-hybridized carbons (Fsp3) is 0.158. The van der Waals surface area contributed by atoms with Gasteiger partial charge in [0.25, 0.3) is 0 Å². The third-order valence-electron chi connectivity index (χ3n) is 3.53. The quantitative estimate of drug-likeness (QED) is 0.534. The molecule has 2 aromatic rings. The fourth-order valence-corrected chi connectivity index (χ4v) is 3.07. The maximum atomic E-state index is 13.4. The Morgan fingerprint density at radius 1 is 1.31 bits per heavy atom. The summed E-state index contributed by atoms with van der Waals surface area (Å²) in [6.45, 7) is 2.33. The van der Waals surface area contributed by atoms with Crippen LogP contribution in [-0.2, 0) is 9.53 Å². The summed E-state index contributed by atoms with van der Waals surface area (Å²) in [5, 5.41) is 0. The van der Waals surface area contributed by atoms with E-state index in [1.165, 1.54) is 18.2 Å². The number of hydrogen-bond acceptors (Lipinski definition) is 5. The van der Waals surface area contributed by atoms with Gasteiger partial charge >= 0.3 is 5.97 Å². The van der Waals surface area contributed by atoms with Gasteiger partial charge in [0.2, 0.25) is 5.90 Å². The first kappa shape index (κ1) is 18.1. The second-order valence-electron chi connectivity index (χ2n) is 5.31. The van der Waals surface area contributed by atoms with Crippen molar-refractivity contribution in [2.45, 2.75) is 6.92 Å². The monoisotopic (exact) mass is 419 g/mol. The average molecular weight is 420 g/mol. The molecule has 0 N–H and O–H groups in total. The van der Waals surface area contributed by atoms with Crippen LogP contribution in [0.5, 0.6) is 11.5 Å². The van der Waals surface area contributed by atoms with Crippen LogP contribution in [0.25, 0.3) is 6.08 Å². The first-order chi connectivity index (χ1) is 12.5. The van der Waals surface area contributed by atoms with E-state index in [0.717, 1.165) is 0 Å². The van der Waals surface area contributed by atoms with Crippen molar-refractivity contribution in [3.05, 3.63) is 63.5 Å². The van der Waals surface area contributed by atoms with Gasteiger partial charge < -0.3 is 14.2 Å². The van der Waals surface area contributed by atoms with Crippen molar-refractivity contribution in [3.8, 4) is 11.5 Å². The number of rotatable bonds is 5. The second-order valence-corrected chi connectivity index (χ2v) is 6.17. The molecule has 1 aliphatic heterocycles. The lowest BCUT2D eigenvalue weighted by Gasteiger charge is -2.12. The molecule has 0 atom stereocenters. The largest absolute Gasteiger partial charge is 0.492 e. The zero-order chi connectivity index (χ0) is 18.7. The van der Waals surface area contributed by atoms with Gasteiger partial charge in [0.1, 0.15) is 5.82 Å². The van der Waals surface area contributed by atoms with Gasteiger partial charge in [-0.05, 0) is 64.8 Å². The number of halogens is 2. The molecule has 26 heavy (non-hydrogen) atoms. The number of esters is 1. The summed E-state index contributed by atoms with van der Waals surface area (Å²) >= 11 is 3.42. The maximum Gasteiger partial charge on any atom is 0.363 e. The number of carbonyl (C=O) groups excluding carboxylic acids is 1. The highest BCUT2D eigenvalue weighted by atomic mass is 79.9. The van der Waals surface area contributed by atoms with Crippen molar-refractivity contribution in [2.24, 2.45) is 4.99 Å². The van der Waals surface area contributed by atoms with Gasteiger partial charge in [-0.15, -0.1) is 0 Å². The molecular weight excluding hydrogens is 405 g/mol. The topological polar surface area (TPSA) is 57.1 Å². The number of carbonyl (C=O) groups is 1. The van der Waals surface area contributed by atoms with Crippen LogP contribution in [0.15, 0.2) is 51.6 Å². The Kier molecular flexibility index (Phi) is 5.37. The van der Waals surface area contributed by atoms with Crippen molar-refractivity contribution in [2.75, 3.05) is 13.7 Å². The van der Waals surface area contributed by atoms with Gasteiger partial charge in [-0.1, -0.05) is 6.07 Å². The highest BCUT2D eigenvalue weighted by molar-refractivity contribution is 9.10. The molecule has 3 rings (SSSR count). The first-order valence-electron chi connectivity index (χ1n) is 7.80. The Hall–Kier alpha value is -2.67. The summed E-state index contributed by atoms with van der Waals surface area (Å²) in [7, 11) is 1.55. The summed E-state index contributed by atoms with van der Waals surface area (Å²) in [5.74, 6) is 0.135. The molecular formula is C19H15BrFNO4. The molecule has 0 saturated carbocycles. The highest BCUT2D eigenvalue weighted by Crippen LogP contribution is 2.37. The minimum atomic E-state index is -0.603. The fourth-order valence-electron chi connectivity index (χ4n) is 2.44. The van der Waals surface area contributed by atoms with Crippen molar-refractivity contribution in [3.63, 3.8) is 0 Å². The van der Waals surface area contributed by atoms with E-state index in [4.69, 9.17) is 14.2 Å². The lowest BCUT2D eigenvalue weighted by Crippen LogP contribution is -2.05. The van der Waals surface area contributed by atoms with Gasteiger partial charge in [0.05, 0.1) is 18.2 Å². The lowest BCUT2D eigenvalue weighted by atomic mass is 10.1. The zero-order valence-electron chi connectivity index (χ0n) is 14.1. The van der Waals surface area contributed by atoms with Crippen LogP contribution in [0.3, 0.4) is 0 Å². The highest BCUT2D eigenvalue weighted by Gasteiger charge is 2.24. The Morgan fingerprint density at radius 3 is 2.81 bits per heavy atom. The van der Waals surface area contributed by atoms with Crippen molar-refractivity contribution in [1.82, 2.24) is 0 Å². The molecule has 1 heterocycles. The number of methoxy groups -OCH3 is 1. The number of benzene rings is 2. The van der Waals surface area contributed by atoms with Crippen LogP contribution in [-0.4, -0.2) is 25.6 Å². The molecule has 2 aromatic carbocycles. The van der Waals surface area contributed by atoms with E-state index in [1.54, 1.807) is 31.4 Å². The molecule has 0 amide bonds. The first-order valence-corrected chi connectivity index (χ1v) is 8.60. The predicted octanol–water partition coefficient (Wildman–Crippen LogP) is 4.34. The van der Waals surface area contributed by atoms with Crippen LogP contribution in [0, 0.1) is 5.82 Å². The van der Waals surface area contributed by atoms with Crippen LogP contribution >= 0.6 is 15.9 Å². The van der Waals surface area contributed by atoms with Crippen LogP contribution in [0.1, 0.15) is 18.1 Å². The maximum absolute atomic E-state index is 13.4. The number of hydrogen-bond donors (Lipinski definition) is 0. The summed E-state index contributed by atoms with van der Waals surface area (Å²) in [5.41, 5.74) is 1.19.